The molecule has 17 heavy (non-hydrogen) atoms. The Morgan fingerprint density at radius 2 is 2.24 bits per heavy atom. The predicted molar refractivity (Wildman–Crippen MR) is 68.3 cm³/mol. The zero-order valence-corrected chi connectivity index (χ0v) is 11.2. The van der Waals surface area contributed by atoms with Crippen molar-refractivity contribution < 1.29 is 8.60 Å². The Kier molecular flexibility index (Phi) is 4.17. The third-order valence-corrected chi connectivity index (χ3v) is 5.26. The molecule has 0 bridgehead atoms. The number of halogens is 2. The number of nitrogens with one attached hydrogen (secondary N) is 1. The van der Waals surface area contributed by atoms with Crippen molar-refractivity contribution >= 4 is 22.4 Å². The number of benzene rings is 1. The van der Waals surface area contributed by atoms with E-state index < -0.39 is 16.6 Å². The molecule has 2 rings (SSSR count). The van der Waals surface area contributed by atoms with Gasteiger partial charge in [-0.3, -0.25) is 4.21 Å². The summed E-state index contributed by atoms with van der Waals surface area (Å²) in [5, 5.41) is 3.39. The van der Waals surface area contributed by atoms with Gasteiger partial charge in [-0.25, -0.2) is 4.39 Å². The number of rotatable bonds is 3. The molecule has 1 aromatic carbocycles. The quantitative estimate of drug-likeness (QED) is 0.919. The van der Waals surface area contributed by atoms with Gasteiger partial charge in [0.15, 0.2) is 0 Å². The van der Waals surface area contributed by atoms with Crippen molar-refractivity contribution in [1.29, 1.82) is 0 Å². The fourth-order valence-corrected chi connectivity index (χ4v) is 4.01. The van der Waals surface area contributed by atoms with E-state index in [2.05, 4.69) is 5.32 Å². The van der Waals surface area contributed by atoms with Gasteiger partial charge in [0.2, 0.25) is 0 Å². The van der Waals surface area contributed by atoms with Crippen LogP contribution in [0, 0.1) is 5.82 Å². The first-order chi connectivity index (χ1) is 8.11. The maximum Gasteiger partial charge on any atom is 0.141 e. The summed E-state index contributed by atoms with van der Waals surface area (Å²) in [7, 11) is 0.831. The first-order valence-electron chi connectivity index (χ1n) is 5.64. The van der Waals surface area contributed by atoms with Crippen molar-refractivity contribution in [2.75, 3.05) is 7.05 Å². The van der Waals surface area contributed by atoms with E-state index in [4.69, 9.17) is 11.6 Å². The summed E-state index contributed by atoms with van der Waals surface area (Å²) in [5.41, 5.74) is 0. The van der Waals surface area contributed by atoms with Gasteiger partial charge >= 0.3 is 0 Å². The minimum absolute atomic E-state index is 0.0408. The Bertz CT molecular complexity index is 441. The molecule has 0 radical (unpaired) electrons. The molecule has 1 saturated carbocycles. The minimum atomic E-state index is -1.09. The van der Waals surface area contributed by atoms with Crippen LogP contribution in [0.4, 0.5) is 4.39 Å². The SMILES string of the molecule is CNC1CCC(S(=O)c2ccc(F)c(Cl)c2)C1. The van der Waals surface area contributed by atoms with Crippen LogP contribution >= 0.6 is 11.6 Å². The molecule has 0 amide bonds. The van der Waals surface area contributed by atoms with Crippen LogP contribution in [0.1, 0.15) is 19.3 Å². The van der Waals surface area contributed by atoms with E-state index in [0.29, 0.717) is 10.9 Å². The van der Waals surface area contributed by atoms with E-state index >= 15 is 0 Å². The molecular weight excluding hydrogens is 261 g/mol. The van der Waals surface area contributed by atoms with Gasteiger partial charge in [0.25, 0.3) is 0 Å². The molecule has 0 aromatic heterocycles. The van der Waals surface area contributed by atoms with Crippen LogP contribution < -0.4 is 5.32 Å². The van der Waals surface area contributed by atoms with Crippen LogP contribution in [0.5, 0.6) is 0 Å². The van der Waals surface area contributed by atoms with E-state index in [1.807, 2.05) is 7.05 Å². The van der Waals surface area contributed by atoms with Gasteiger partial charge in [-0.15, -0.1) is 0 Å². The van der Waals surface area contributed by atoms with Gasteiger partial charge in [-0.05, 0) is 44.5 Å². The first kappa shape index (κ1) is 13.0. The monoisotopic (exact) mass is 275 g/mol. The zero-order chi connectivity index (χ0) is 12.4. The van der Waals surface area contributed by atoms with Crippen LogP contribution in [-0.4, -0.2) is 22.5 Å². The molecule has 0 heterocycles. The molecule has 3 unspecified atom stereocenters. The highest BCUT2D eigenvalue weighted by atomic mass is 35.5. The summed E-state index contributed by atoms with van der Waals surface area (Å²) in [6.45, 7) is 0. The predicted octanol–water partition coefficient (Wildman–Crippen LogP) is 2.73. The Balaban J connectivity index is 2.12. The molecule has 1 aromatic rings. The molecule has 1 fully saturated rings. The van der Waals surface area contributed by atoms with Crippen LogP contribution in [0.25, 0.3) is 0 Å². The van der Waals surface area contributed by atoms with Crippen LogP contribution in [0.2, 0.25) is 5.02 Å². The maximum absolute atomic E-state index is 13.0. The van der Waals surface area contributed by atoms with Gasteiger partial charge in [-0.1, -0.05) is 11.6 Å². The number of hydrogen-bond donors (Lipinski definition) is 1. The van der Waals surface area contributed by atoms with Gasteiger partial charge in [-0.2, -0.15) is 0 Å². The largest absolute Gasteiger partial charge is 0.317 e. The van der Waals surface area contributed by atoms with E-state index in [1.54, 1.807) is 6.07 Å². The summed E-state index contributed by atoms with van der Waals surface area (Å²) < 4.78 is 25.3. The van der Waals surface area contributed by atoms with Crippen LogP contribution in [0.3, 0.4) is 0 Å². The van der Waals surface area contributed by atoms with Crippen molar-refractivity contribution in [2.45, 2.75) is 35.4 Å². The highest BCUT2D eigenvalue weighted by molar-refractivity contribution is 7.85. The van der Waals surface area contributed by atoms with Crippen molar-refractivity contribution in [3.63, 3.8) is 0 Å². The van der Waals surface area contributed by atoms with E-state index in [-0.39, 0.29) is 10.3 Å². The van der Waals surface area contributed by atoms with Gasteiger partial charge in [0, 0.05) is 16.2 Å². The molecule has 94 valence electrons. The van der Waals surface area contributed by atoms with E-state index in [1.165, 1.54) is 12.1 Å². The van der Waals surface area contributed by atoms with Crippen molar-refractivity contribution in [1.82, 2.24) is 5.32 Å². The maximum atomic E-state index is 13.0. The van der Waals surface area contributed by atoms with Crippen LogP contribution in [0.15, 0.2) is 23.1 Å². The molecule has 5 heteroatoms. The summed E-state index contributed by atoms with van der Waals surface area (Å²) >= 11 is 5.70. The third-order valence-electron chi connectivity index (χ3n) is 3.22. The number of hydrogen-bond acceptors (Lipinski definition) is 2. The molecule has 1 aliphatic rings. The van der Waals surface area contributed by atoms with Crippen molar-refractivity contribution in [3.05, 3.63) is 29.0 Å². The molecule has 0 spiro atoms. The lowest BCUT2D eigenvalue weighted by atomic mass is 10.3. The van der Waals surface area contributed by atoms with Gasteiger partial charge in [0.05, 0.1) is 15.8 Å². The highest BCUT2D eigenvalue weighted by Crippen LogP contribution is 2.28. The van der Waals surface area contributed by atoms with Gasteiger partial charge in [0.1, 0.15) is 5.82 Å². The molecule has 3 atom stereocenters. The Morgan fingerprint density at radius 3 is 2.82 bits per heavy atom. The van der Waals surface area contributed by atoms with E-state index in [0.717, 1.165) is 19.3 Å². The Labute approximate surface area is 108 Å². The minimum Gasteiger partial charge on any atom is -0.317 e. The lowest BCUT2D eigenvalue weighted by molar-refractivity contribution is 0.581. The topological polar surface area (TPSA) is 29.1 Å². The standard InChI is InChI=1S/C12H15ClFNOS/c1-15-8-2-3-9(6-8)17(16)10-4-5-12(14)11(13)7-10/h4-5,7-9,15H,2-3,6H2,1H3. The fourth-order valence-electron chi connectivity index (χ4n) is 2.19. The average molecular weight is 276 g/mol. The Morgan fingerprint density at radius 1 is 1.47 bits per heavy atom. The molecule has 1 N–H and O–H groups in total. The molecule has 0 saturated heterocycles. The fraction of sp³-hybridized carbons (Fsp3) is 0.500. The zero-order valence-electron chi connectivity index (χ0n) is 9.58. The Hall–Kier alpha value is -0.450. The van der Waals surface area contributed by atoms with Gasteiger partial charge < -0.3 is 5.32 Å². The lowest BCUT2D eigenvalue weighted by Crippen LogP contribution is -2.23. The van der Waals surface area contributed by atoms with Crippen molar-refractivity contribution in [2.24, 2.45) is 0 Å². The normalized spacial score (nSPS) is 26.1. The summed E-state index contributed by atoms with van der Waals surface area (Å²) in [4.78, 5) is 0.623. The smallest absolute Gasteiger partial charge is 0.141 e. The lowest BCUT2D eigenvalue weighted by Gasteiger charge is -2.11. The van der Waals surface area contributed by atoms with E-state index in [9.17, 15) is 8.60 Å². The average Bonchev–Trinajstić information content (AvgIpc) is 2.80. The third kappa shape index (κ3) is 2.87. The molecule has 0 aliphatic heterocycles. The summed E-state index contributed by atoms with van der Waals surface area (Å²) in [6.07, 6.45) is 2.88. The second-order valence-electron chi connectivity index (χ2n) is 4.29. The molecule has 2 nitrogen and oxygen atoms in total. The molecule has 1 aliphatic carbocycles. The second-order valence-corrected chi connectivity index (χ2v) is 6.43. The first-order valence-corrected chi connectivity index (χ1v) is 7.24. The van der Waals surface area contributed by atoms with Crippen molar-refractivity contribution in [3.8, 4) is 0 Å². The summed E-state index contributed by atoms with van der Waals surface area (Å²) in [6, 6.07) is 4.75. The molecular formula is C12H15ClFNOS. The second kappa shape index (κ2) is 5.46. The highest BCUT2D eigenvalue weighted by Gasteiger charge is 2.28. The summed E-state index contributed by atoms with van der Waals surface area (Å²) in [5.74, 6) is -0.466. The van der Waals surface area contributed by atoms with Crippen LogP contribution in [-0.2, 0) is 10.8 Å².